The minimum Gasteiger partial charge on any atom is -0.480 e. The second-order valence-electron chi connectivity index (χ2n) is 3.69. The first kappa shape index (κ1) is 14.9. The molecule has 0 saturated heterocycles. The summed E-state index contributed by atoms with van der Waals surface area (Å²) in [6.07, 6.45) is 0. The lowest BCUT2D eigenvalue weighted by atomic mass is 10.3. The number of amides is 1. The number of aromatic nitrogens is 2. The molecule has 1 aromatic heterocycles. The van der Waals surface area contributed by atoms with E-state index in [0.717, 1.165) is 11.8 Å². The number of nitrogens with zero attached hydrogens (tertiary/aromatic N) is 3. The summed E-state index contributed by atoms with van der Waals surface area (Å²) < 4.78 is 0. The van der Waals surface area contributed by atoms with E-state index in [1.54, 1.807) is 6.92 Å². The molecule has 0 aliphatic carbocycles. The van der Waals surface area contributed by atoms with Gasteiger partial charge in [-0.2, -0.15) is 5.26 Å². The minimum absolute atomic E-state index is 0.0865. The van der Waals surface area contributed by atoms with E-state index in [2.05, 4.69) is 15.3 Å². The molecule has 8 heteroatoms. The predicted octanol–water partition coefficient (Wildman–Crippen LogP) is 0.338. The summed E-state index contributed by atoms with van der Waals surface area (Å²) in [5.41, 5.74) is 0.849. The van der Waals surface area contributed by atoms with Crippen molar-refractivity contribution in [2.24, 2.45) is 0 Å². The molecule has 1 atom stereocenters. The van der Waals surface area contributed by atoms with Crippen molar-refractivity contribution in [3.63, 3.8) is 0 Å². The largest absolute Gasteiger partial charge is 0.480 e. The van der Waals surface area contributed by atoms with E-state index in [1.807, 2.05) is 6.07 Å². The Bertz CT molecular complexity index is 541. The van der Waals surface area contributed by atoms with Gasteiger partial charge < -0.3 is 10.4 Å². The number of aliphatic carboxylic acids is 1. The van der Waals surface area contributed by atoms with Crippen LogP contribution in [-0.4, -0.2) is 38.7 Å². The highest BCUT2D eigenvalue weighted by molar-refractivity contribution is 7.99. The Morgan fingerprint density at radius 3 is 2.79 bits per heavy atom. The molecule has 1 rings (SSSR count). The molecule has 0 bridgehead atoms. The first-order chi connectivity index (χ1) is 8.92. The first-order valence-electron chi connectivity index (χ1n) is 5.31. The number of carboxylic acid groups (broad SMARTS) is 1. The van der Waals surface area contributed by atoms with E-state index in [1.165, 1.54) is 13.0 Å². The number of aryl methyl sites for hydroxylation is 1. The van der Waals surface area contributed by atoms with Crippen LogP contribution in [0.3, 0.4) is 0 Å². The van der Waals surface area contributed by atoms with Gasteiger partial charge in [0.1, 0.15) is 17.8 Å². The lowest BCUT2D eigenvalue weighted by molar-refractivity contribution is -0.140. The monoisotopic (exact) mass is 280 g/mol. The molecule has 19 heavy (non-hydrogen) atoms. The van der Waals surface area contributed by atoms with E-state index >= 15 is 0 Å². The fourth-order valence-corrected chi connectivity index (χ4v) is 2.15. The second-order valence-corrected chi connectivity index (χ2v) is 4.68. The van der Waals surface area contributed by atoms with Crippen molar-refractivity contribution < 1.29 is 14.7 Å². The summed E-state index contributed by atoms with van der Waals surface area (Å²) in [7, 11) is 0. The van der Waals surface area contributed by atoms with Gasteiger partial charge in [-0.15, -0.1) is 0 Å². The zero-order chi connectivity index (χ0) is 14.4. The van der Waals surface area contributed by atoms with Gasteiger partial charge in [0.2, 0.25) is 5.91 Å². The normalized spacial score (nSPS) is 11.4. The smallest absolute Gasteiger partial charge is 0.327 e. The standard InChI is InChI=1S/C11H12N4O3S/c1-6-3-8(4-12)15-11(13-6)19-5-9(10(17)18)14-7(2)16/h3,9H,5H2,1-2H3,(H,14,16)(H,17,18)/t9-/m0/s1. The van der Waals surface area contributed by atoms with Crippen LogP contribution in [0, 0.1) is 18.3 Å². The van der Waals surface area contributed by atoms with Gasteiger partial charge in [-0.1, -0.05) is 11.8 Å². The fourth-order valence-electron chi connectivity index (χ4n) is 1.24. The van der Waals surface area contributed by atoms with Gasteiger partial charge >= 0.3 is 5.97 Å². The Morgan fingerprint density at radius 1 is 1.58 bits per heavy atom. The summed E-state index contributed by atoms with van der Waals surface area (Å²) in [4.78, 5) is 29.8. The van der Waals surface area contributed by atoms with Crippen LogP contribution < -0.4 is 5.32 Å². The highest BCUT2D eigenvalue weighted by Crippen LogP contribution is 2.15. The third-order valence-electron chi connectivity index (χ3n) is 2.00. The SMILES string of the molecule is CC(=O)N[C@@H](CSc1nc(C)cc(C#N)n1)C(=O)O. The van der Waals surface area contributed by atoms with Crippen LogP contribution in [0.4, 0.5) is 0 Å². The van der Waals surface area contributed by atoms with Gasteiger partial charge in [0.05, 0.1) is 0 Å². The van der Waals surface area contributed by atoms with Crippen molar-refractivity contribution in [1.82, 2.24) is 15.3 Å². The lowest BCUT2D eigenvalue weighted by Crippen LogP contribution is -2.41. The van der Waals surface area contributed by atoms with Crippen molar-refractivity contribution in [3.8, 4) is 6.07 Å². The summed E-state index contributed by atoms with van der Waals surface area (Å²) in [6, 6.07) is 2.42. The molecule has 0 aliphatic heterocycles. The molecule has 100 valence electrons. The molecule has 0 saturated carbocycles. The fraction of sp³-hybridized carbons (Fsp3) is 0.364. The summed E-state index contributed by atoms with van der Waals surface area (Å²) in [5.74, 6) is -1.46. The Balaban J connectivity index is 2.74. The zero-order valence-corrected chi connectivity index (χ0v) is 11.2. The number of carbonyl (C=O) groups is 2. The van der Waals surface area contributed by atoms with E-state index in [-0.39, 0.29) is 11.4 Å². The van der Waals surface area contributed by atoms with Gasteiger partial charge in [-0.3, -0.25) is 4.79 Å². The van der Waals surface area contributed by atoms with E-state index in [0.29, 0.717) is 10.9 Å². The molecule has 0 radical (unpaired) electrons. The average molecular weight is 280 g/mol. The number of carboxylic acids is 1. The highest BCUT2D eigenvalue weighted by Gasteiger charge is 2.19. The van der Waals surface area contributed by atoms with Crippen LogP contribution in [0.1, 0.15) is 18.3 Å². The molecule has 0 spiro atoms. The van der Waals surface area contributed by atoms with E-state index in [4.69, 9.17) is 10.4 Å². The molecule has 0 aliphatic rings. The lowest BCUT2D eigenvalue weighted by Gasteiger charge is -2.12. The maximum absolute atomic E-state index is 10.9. The second kappa shape index (κ2) is 6.70. The molecule has 7 nitrogen and oxygen atoms in total. The first-order valence-corrected chi connectivity index (χ1v) is 6.29. The van der Waals surface area contributed by atoms with Crippen LogP contribution in [0.25, 0.3) is 0 Å². The van der Waals surface area contributed by atoms with Crippen LogP contribution in [-0.2, 0) is 9.59 Å². The van der Waals surface area contributed by atoms with Crippen molar-refractivity contribution in [1.29, 1.82) is 5.26 Å². The maximum Gasteiger partial charge on any atom is 0.327 e. The summed E-state index contributed by atoms with van der Waals surface area (Å²) in [6.45, 7) is 2.96. The van der Waals surface area contributed by atoms with Gasteiger partial charge in [-0.25, -0.2) is 14.8 Å². The molecule has 1 heterocycles. The van der Waals surface area contributed by atoms with Crippen molar-refractivity contribution >= 4 is 23.6 Å². The molecular weight excluding hydrogens is 268 g/mol. The molecule has 0 fully saturated rings. The predicted molar refractivity (Wildman–Crippen MR) is 67.4 cm³/mol. The van der Waals surface area contributed by atoms with Crippen molar-refractivity contribution in [3.05, 3.63) is 17.5 Å². The Labute approximate surface area is 114 Å². The zero-order valence-electron chi connectivity index (χ0n) is 10.4. The number of nitriles is 1. The summed E-state index contributed by atoms with van der Waals surface area (Å²) in [5, 5.41) is 20.3. The number of rotatable bonds is 5. The number of thioether (sulfide) groups is 1. The van der Waals surface area contributed by atoms with Crippen LogP contribution in [0.2, 0.25) is 0 Å². The Morgan fingerprint density at radius 2 is 2.26 bits per heavy atom. The third-order valence-corrected chi connectivity index (χ3v) is 2.94. The third kappa shape index (κ3) is 4.93. The summed E-state index contributed by atoms with van der Waals surface area (Å²) >= 11 is 1.07. The molecule has 0 aromatic carbocycles. The molecule has 0 unspecified atom stereocenters. The topological polar surface area (TPSA) is 116 Å². The molecular formula is C11H12N4O3S. The van der Waals surface area contributed by atoms with Gasteiger partial charge in [0.15, 0.2) is 5.16 Å². The number of carbonyl (C=O) groups excluding carboxylic acids is 1. The van der Waals surface area contributed by atoms with Crippen LogP contribution >= 0.6 is 11.8 Å². The van der Waals surface area contributed by atoms with Crippen molar-refractivity contribution in [2.45, 2.75) is 25.0 Å². The van der Waals surface area contributed by atoms with Crippen molar-refractivity contribution in [2.75, 3.05) is 5.75 Å². The van der Waals surface area contributed by atoms with Gasteiger partial charge in [-0.05, 0) is 13.0 Å². The highest BCUT2D eigenvalue weighted by atomic mass is 32.2. The molecule has 1 aromatic rings. The Kier molecular flexibility index (Phi) is 5.26. The Hall–Kier alpha value is -2.14. The average Bonchev–Trinajstić information content (AvgIpc) is 2.33. The minimum atomic E-state index is -1.13. The van der Waals surface area contributed by atoms with Crippen LogP contribution in [0.15, 0.2) is 11.2 Å². The van der Waals surface area contributed by atoms with E-state index < -0.39 is 17.9 Å². The molecule has 2 N–H and O–H groups in total. The number of hydrogen-bond donors (Lipinski definition) is 2. The van der Waals surface area contributed by atoms with E-state index in [9.17, 15) is 9.59 Å². The molecule has 1 amide bonds. The van der Waals surface area contributed by atoms with Gasteiger partial charge in [0, 0.05) is 18.4 Å². The van der Waals surface area contributed by atoms with Gasteiger partial charge in [0.25, 0.3) is 0 Å². The number of hydrogen-bond acceptors (Lipinski definition) is 6. The van der Waals surface area contributed by atoms with Crippen LogP contribution in [0.5, 0.6) is 0 Å². The quantitative estimate of drug-likeness (QED) is 0.590. The maximum atomic E-state index is 10.9. The number of nitrogens with one attached hydrogen (secondary N) is 1.